The lowest BCUT2D eigenvalue weighted by Crippen LogP contribution is -2.08. The fraction of sp³-hybridized carbons (Fsp3) is 0.429. The summed E-state index contributed by atoms with van der Waals surface area (Å²) in [5.41, 5.74) is 0. The van der Waals surface area contributed by atoms with Crippen molar-refractivity contribution in [2.45, 2.75) is 19.5 Å². The van der Waals surface area contributed by atoms with Crippen LogP contribution in [0.5, 0.6) is 0 Å². The van der Waals surface area contributed by atoms with Crippen LogP contribution in [0.4, 0.5) is 18.3 Å². The summed E-state index contributed by atoms with van der Waals surface area (Å²) < 4.78 is 36.2. The number of carbonyl (C=O) groups excluding carboxylic acids is 1. The zero-order valence-corrected chi connectivity index (χ0v) is 8.00. The Labute approximate surface area is 82.0 Å². The van der Waals surface area contributed by atoms with E-state index < -0.39 is 11.1 Å². The van der Waals surface area contributed by atoms with Gasteiger partial charge in [-0.15, -0.1) is 0 Å². The fourth-order valence-corrected chi connectivity index (χ4v) is 1.37. The maximum absolute atomic E-state index is 12.1. The Hall–Kier alpha value is -1.11. The number of hydrogen-bond donors (Lipinski definition) is 1. The molecule has 1 aromatic rings. The van der Waals surface area contributed by atoms with Crippen LogP contribution >= 0.6 is 11.3 Å². The van der Waals surface area contributed by atoms with Gasteiger partial charge in [0.1, 0.15) is 4.88 Å². The molecule has 0 aromatic carbocycles. The quantitative estimate of drug-likeness (QED) is 0.838. The number of carbonyl (C=O) groups is 1. The molecule has 0 saturated carbocycles. The van der Waals surface area contributed by atoms with E-state index in [9.17, 15) is 18.0 Å². The van der Waals surface area contributed by atoms with Gasteiger partial charge in [-0.1, -0.05) is 18.3 Å². The molecule has 0 atom stereocenters. The summed E-state index contributed by atoms with van der Waals surface area (Å²) in [7, 11) is 0. The molecule has 14 heavy (non-hydrogen) atoms. The van der Waals surface area contributed by atoms with Crippen LogP contribution < -0.4 is 5.32 Å². The Balaban J connectivity index is 2.74. The monoisotopic (exact) mass is 224 g/mol. The zero-order chi connectivity index (χ0) is 10.8. The lowest BCUT2D eigenvalue weighted by molar-refractivity contribution is -0.134. The number of nitrogens with one attached hydrogen (secondary N) is 1. The summed E-state index contributed by atoms with van der Waals surface area (Å²) in [6.45, 7) is 1.60. The molecule has 0 aliphatic heterocycles. The van der Waals surface area contributed by atoms with E-state index in [0.717, 1.165) is 0 Å². The van der Waals surface area contributed by atoms with Crippen LogP contribution in [0.3, 0.4) is 0 Å². The molecule has 0 aliphatic rings. The second kappa shape index (κ2) is 3.95. The third-order valence-corrected chi connectivity index (χ3v) is 2.31. The predicted octanol–water partition coefficient (Wildman–Crippen LogP) is 2.51. The Morgan fingerprint density at radius 2 is 2.29 bits per heavy atom. The van der Waals surface area contributed by atoms with Gasteiger partial charge in [-0.05, 0) is 0 Å². The first-order chi connectivity index (χ1) is 6.43. The molecule has 3 nitrogen and oxygen atoms in total. The summed E-state index contributed by atoms with van der Waals surface area (Å²) in [6.07, 6.45) is -3.48. The minimum Gasteiger partial charge on any atom is -0.302 e. The van der Waals surface area contributed by atoms with Crippen LogP contribution in [0.15, 0.2) is 6.20 Å². The first kappa shape index (κ1) is 11.0. The van der Waals surface area contributed by atoms with Crippen LogP contribution in [0, 0.1) is 0 Å². The van der Waals surface area contributed by atoms with E-state index in [1.54, 1.807) is 6.92 Å². The van der Waals surface area contributed by atoms with Crippen molar-refractivity contribution in [1.82, 2.24) is 4.98 Å². The van der Waals surface area contributed by atoms with Gasteiger partial charge in [0.05, 0.1) is 6.20 Å². The van der Waals surface area contributed by atoms with Gasteiger partial charge < -0.3 is 5.32 Å². The van der Waals surface area contributed by atoms with Crippen LogP contribution in [-0.4, -0.2) is 10.9 Å². The van der Waals surface area contributed by atoms with Crippen molar-refractivity contribution in [3.8, 4) is 0 Å². The van der Waals surface area contributed by atoms with Crippen molar-refractivity contribution in [3.05, 3.63) is 11.1 Å². The first-order valence-electron chi connectivity index (χ1n) is 3.76. The van der Waals surface area contributed by atoms with E-state index in [1.165, 1.54) is 0 Å². The molecule has 1 aromatic heterocycles. The summed E-state index contributed by atoms with van der Waals surface area (Å²) in [5, 5.41) is 2.23. The minimum absolute atomic E-state index is 0.0239. The van der Waals surface area contributed by atoms with Crippen molar-refractivity contribution in [2.24, 2.45) is 0 Å². The van der Waals surface area contributed by atoms with Crippen LogP contribution in [0.1, 0.15) is 18.2 Å². The Morgan fingerprint density at radius 3 is 2.71 bits per heavy atom. The molecule has 0 spiro atoms. The molecule has 1 N–H and O–H groups in total. The van der Waals surface area contributed by atoms with Gasteiger partial charge in [-0.25, -0.2) is 4.98 Å². The Kier molecular flexibility index (Phi) is 3.10. The van der Waals surface area contributed by atoms with E-state index in [1.807, 2.05) is 0 Å². The molecular weight excluding hydrogens is 217 g/mol. The van der Waals surface area contributed by atoms with Gasteiger partial charge in [0.25, 0.3) is 0 Å². The highest BCUT2D eigenvalue weighted by atomic mass is 32.1. The topological polar surface area (TPSA) is 42.0 Å². The van der Waals surface area contributed by atoms with E-state index in [4.69, 9.17) is 0 Å². The van der Waals surface area contributed by atoms with E-state index in [-0.39, 0.29) is 17.5 Å². The van der Waals surface area contributed by atoms with E-state index in [0.29, 0.717) is 17.5 Å². The number of nitrogens with zero attached hydrogens (tertiary/aromatic N) is 1. The normalized spacial score (nSPS) is 11.4. The standard InChI is InChI=1S/C7H7F3N2OS/c1-2-5(13)12-6-11-3-4(14-6)7(8,9)10/h3H,2H2,1H3,(H,11,12,13). The number of hydrogen-bond acceptors (Lipinski definition) is 3. The average Bonchev–Trinajstić information content (AvgIpc) is 2.51. The lowest BCUT2D eigenvalue weighted by Gasteiger charge is -1.99. The molecule has 0 unspecified atom stereocenters. The lowest BCUT2D eigenvalue weighted by atomic mass is 10.5. The van der Waals surface area contributed by atoms with Gasteiger partial charge in [-0.3, -0.25) is 4.79 Å². The first-order valence-corrected chi connectivity index (χ1v) is 4.58. The SMILES string of the molecule is CCC(=O)Nc1ncc(C(F)(F)F)s1. The molecule has 0 radical (unpaired) electrons. The average molecular weight is 224 g/mol. The Bertz CT molecular complexity index is 334. The molecule has 0 saturated heterocycles. The molecule has 1 rings (SSSR count). The largest absolute Gasteiger partial charge is 0.427 e. The fourth-order valence-electron chi connectivity index (χ4n) is 0.671. The Morgan fingerprint density at radius 1 is 1.64 bits per heavy atom. The van der Waals surface area contributed by atoms with Gasteiger partial charge in [0.15, 0.2) is 5.13 Å². The van der Waals surface area contributed by atoms with Gasteiger partial charge in [0.2, 0.25) is 5.91 Å². The third kappa shape index (κ3) is 2.69. The van der Waals surface area contributed by atoms with Crippen molar-refractivity contribution < 1.29 is 18.0 Å². The highest BCUT2D eigenvalue weighted by Crippen LogP contribution is 2.34. The smallest absolute Gasteiger partial charge is 0.302 e. The number of aromatic nitrogens is 1. The van der Waals surface area contributed by atoms with E-state index in [2.05, 4.69) is 10.3 Å². The molecule has 0 bridgehead atoms. The number of rotatable bonds is 2. The van der Waals surface area contributed by atoms with Crippen LogP contribution in [0.25, 0.3) is 0 Å². The second-order valence-electron chi connectivity index (χ2n) is 2.43. The number of thiazole rings is 1. The molecule has 7 heteroatoms. The number of halogens is 3. The van der Waals surface area contributed by atoms with Crippen molar-refractivity contribution in [1.29, 1.82) is 0 Å². The molecule has 1 heterocycles. The van der Waals surface area contributed by atoms with Crippen molar-refractivity contribution in [2.75, 3.05) is 5.32 Å². The second-order valence-corrected chi connectivity index (χ2v) is 3.46. The summed E-state index contributed by atoms with van der Waals surface area (Å²) in [4.78, 5) is 13.4. The molecule has 78 valence electrons. The minimum atomic E-state index is -4.40. The summed E-state index contributed by atoms with van der Waals surface area (Å²) in [6, 6.07) is 0. The summed E-state index contributed by atoms with van der Waals surface area (Å²) >= 11 is 0.415. The van der Waals surface area contributed by atoms with Crippen molar-refractivity contribution in [3.63, 3.8) is 0 Å². The molecular formula is C7H7F3N2OS. The third-order valence-electron chi connectivity index (χ3n) is 1.35. The predicted molar refractivity (Wildman–Crippen MR) is 46.0 cm³/mol. The molecule has 0 aliphatic carbocycles. The molecule has 0 fully saturated rings. The number of amides is 1. The zero-order valence-electron chi connectivity index (χ0n) is 7.18. The maximum atomic E-state index is 12.1. The highest BCUT2D eigenvalue weighted by Gasteiger charge is 2.33. The molecule has 1 amide bonds. The van der Waals surface area contributed by atoms with Crippen molar-refractivity contribution >= 4 is 22.4 Å². The van der Waals surface area contributed by atoms with Gasteiger partial charge in [0, 0.05) is 6.42 Å². The van der Waals surface area contributed by atoms with Crippen LogP contribution in [0.2, 0.25) is 0 Å². The highest BCUT2D eigenvalue weighted by molar-refractivity contribution is 7.15. The van der Waals surface area contributed by atoms with Gasteiger partial charge >= 0.3 is 6.18 Å². The van der Waals surface area contributed by atoms with E-state index >= 15 is 0 Å². The van der Waals surface area contributed by atoms with Gasteiger partial charge in [-0.2, -0.15) is 13.2 Å². The number of alkyl halides is 3. The van der Waals surface area contributed by atoms with Crippen LogP contribution in [-0.2, 0) is 11.0 Å². The maximum Gasteiger partial charge on any atom is 0.427 e. The number of anilines is 1. The summed E-state index contributed by atoms with van der Waals surface area (Å²) in [5.74, 6) is -0.354.